The van der Waals surface area contributed by atoms with Gasteiger partial charge in [-0.1, -0.05) is 38.1 Å². The molecular formula is C28H35NO2. The van der Waals surface area contributed by atoms with E-state index >= 15 is 0 Å². The van der Waals surface area contributed by atoms with Crippen LogP contribution in [0.25, 0.3) is 0 Å². The van der Waals surface area contributed by atoms with Crippen LogP contribution in [0.1, 0.15) is 75.0 Å². The molecule has 0 saturated heterocycles. The van der Waals surface area contributed by atoms with Crippen LogP contribution >= 0.6 is 0 Å². The van der Waals surface area contributed by atoms with Gasteiger partial charge in [0.25, 0.3) is 5.91 Å². The van der Waals surface area contributed by atoms with E-state index in [-0.39, 0.29) is 12.5 Å². The fraction of sp³-hybridized carbons (Fsp3) is 0.536. The molecule has 2 aromatic rings. The number of ether oxygens (including phenoxy) is 1. The molecule has 0 heterocycles. The average molecular weight is 418 g/mol. The Kier molecular flexibility index (Phi) is 5.32. The molecular weight excluding hydrogens is 382 g/mol. The van der Waals surface area contributed by atoms with Crippen molar-refractivity contribution in [3.05, 3.63) is 59.2 Å². The van der Waals surface area contributed by atoms with Crippen LogP contribution in [-0.4, -0.2) is 12.5 Å². The van der Waals surface area contributed by atoms with Gasteiger partial charge in [-0.05, 0) is 109 Å². The molecule has 4 fully saturated rings. The van der Waals surface area contributed by atoms with Crippen LogP contribution in [0.4, 0.5) is 5.69 Å². The van der Waals surface area contributed by atoms with Gasteiger partial charge >= 0.3 is 0 Å². The molecule has 4 aliphatic carbocycles. The molecule has 4 aliphatic rings. The molecule has 2 aromatic carbocycles. The quantitative estimate of drug-likeness (QED) is 0.575. The van der Waals surface area contributed by atoms with Crippen molar-refractivity contribution in [2.45, 2.75) is 70.6 Å². The summed E-state index contributed by atoms with van der Waals surface area (Å²) in [7, 11) is 0. The van der Waals surface area contributed by atoms with Crippen LogP contribution in [0.5, 0.6) is 5.75 Å². The van der Waals surface area contributed by atoms with Crippen molar-refractivity contribution in [3.63, 3.8) is 0 Å². The van der Waals surface area contributed by atoms with Crippen molar-refractivity contribution < 1.29 is 9.53 Å². The molecule has 0 radical (unpaired) electrons. The van der Waals surface area contributed by atoms with Crippen molar-refractivity contribution in [1.29, 1.82) is 0 Å². The number of carbonyl (C=O) groups is 1. The number of carbonyl (C=O) groups excluding carboxylic acids is 1. The van der Waals surface area contributed by atoms with Crippen LogP contribution in [-0.2, 0) is 10.2 Å². The third kappa shape index (κ3) is 4.12. The molecule has 0 unspecified atom stereocenters. The molecule has 3 heteroatoms. The van der Waals surface area contributed by atoms with Gasteiger partial charge in [0.05, 0.1) is 0 Å². The van der Waals surface area contributed by atoms with Gasteiger partial charge in [0.2, 0.25) is 0 Å². The summed E-state index contributed by atoms with van der Waals surface area (Å²) in [5.41, 5.74) is 5.02. The molecule has 6 rings (SSSR count). The van der Waals surface area contributed by atoms with Crippen LogP contribution in [0.3, 0.4) is 0 Å². The van der Waals surface area contributed by atoms with Crippen molar-refractivity contribution >= 4 is 11.6 Å². The molecule has 1 N–H and O–H groups in total. The van der Waals surface area contributed by atoms with Crippen LogP contribution in [0.15, 0.2) is 42.5 Å². The molecule has 0 aliphatic heterocycles. The van der Waals surface area contributed by atoms with E-state index in [2.05, 4.69) is 55.6 Å². The van der Waals surface area contributed by atoms with Crippen LogP contribution in [0, 0.1) is 24.7 Å². The van der Waals surface area contributed by atoms with Gasteiger partial charge in [0.1, 0.15) is 5.75 Å². The highest BCUT2D eigenvalue weighted by molar-refractivity contribution is 5.91. The maximum absolute atomic E-state index is 12.5. The first-order chi connectivity index (χ1) is 14.9. The first kappa shape index (κ1) is 20.6. The molecule has 0 spiro atoms. The normalized spacial score (nSPS) is 28.7. The Morgan fingerprint density at radius 3 is 2.19 bits per heavy atom. The number of anilines is 1. The Morgan fingerprint density at radius 2 is 1.61 bits per heavy atom. The van der Waals surface area contributed by atoms with E-state index in [1.807, 2.05) is 13.0 Å². The molecule has 0 aromatic heterocycles. The number of amides is 1. The second-order valence-corrected chi connectivity index (χ2v) is 10.8. The monoisotopic (exact) mass is 417 g/mol. The van der Waals surface area contributed by atoms with Gasteiger partial charge in [-0.2, -0.15) is 0 Å². The van der Waals surface area contributed by atoms with E-state index in [0.29, 0.717) is 11.3 Å². The lowest BCUT2D eigenvalue weighted by Gasteiger charge is -2.57. The average Bonchev–Trinajstić information content (AvgIpc) is 2.71. The predicted octanol–water partition coefficient (Wildman–Crippen LogP) is 6.60. The summed E-state index contributed by atoms with van der Waals surface area (Å²) < 4.78 is 5.89. The molecule has 1 amide bonds. The zero-order valence-electron chi connectivity index (χ0n) is 19.1. The highest BCUT2D eigenvalue weighted by Crippen LogP contribution is 2.60. The number of hydrogen-bond acceptors (Lipinski definition) is 2. The fourth-order valence-electron chi connectivity index (χ4n) is 6.96. The Balaban J connectivity index is 1.22. The summed E-state index contributed by atoms with van der Waals surface area (Å²) in [4.78, 5) is 12.5. The van der Waals surface area contributed by atoms with Gasteiger partial charge in [-0.15, -0.1) is 0 Å². The zero-order valence-corrected chi connectivity index (χ0v) is 19.1. The summed E-state index contributed by atoms with van der Waals surface area (Å²) in [6.07, 6.45) is 8.50. The van der Waals surface area contributed by atoms with Gasteiger partial charge < -0.3 is 10.1 Å². The van der Waals surface area contributed by atoms with Gasteiger partial charge in [-0.3, -0.25) is 4.79 Å². The molecule has 0 atom stereocenters. The predicted molar refractivity (Wildman–Crippen MR) is 126 cm³/mol. The molecule has 4 saturated carbocycles. The van der Waals surface area contributed by atoms with E-state index in [9.17, 15) is 4.79 Å². The summed E-state index contributed by atoms with van der Waals surface area (Å²) >= 11 is 0. The van der Waals surface area contributed by atoms with Crippen LogP contribution < -0.4 is 10.1 Å². The summed E-state index contributed by atoms with van der Waals surface area (Å²) in [6.45, 7) is 6.36. The lowest BCUT2D eigenvalue weighted by atomic mass is 9.48. The maximum atomic E-state index is 12.5. The number of nitrogens with one attached hydrogen (secondary N) is 1. The Bertz CT molecular complexity index is 924. The Morgan fingerprint density at radius 1 is 1.00 bits per heavy atom. The van der Waals surface area contributed by atoms with Crippen molar-refractivity contribution in [1.82, 2.24) is 0 Å². The van der Waals surface area contributed by atoms with E-state index in [1.54, 1.807) is 0 Å². The minimum absolute atomic E-state index is 0.0277. The van der Waals surface area contributed by atoms with Crippen molar-refractivity contribution in [2.75, 3.05) is 11.9 Å². The highest BCUT2D eigenvalue weighted by atomic mass is 16.5. The van der Waals surface area contributed by atoms with E-state index < -0.39 is 0 Å². The van der Waals surface area contributed by atoms with Gasteiger partial charge in [0.15, 0.2) is 6.61 Å². The third-order valence-electron chi connectivity index (χ3n) is 7.97. The minimum atomic E-state index is -0.112. The molecule has 4 bridgehead atoms. The summed E-state index contributed by atoms with van der Waals surface area (Å²) in [5.74, 6) is 3.89. The van der Waals surface area contributed by atoms with E-state index in [1.165, 1.54) is 44.1 Å². The molecule has 164 valence electrons. The molecule has 3 nitrogen and oxygen atoms in total. The fourth-order valence-corrected chi connectivity index (χ4v) is 6.96. The maximum Gasteiger partial charge on any atom is 0.262 e. The number of rotatable bonds is 6. The number of aryl methyl sites for hydroxylation is 1. The largest absolute Gasteiger partial charge is 0.483 e. The smallest absolute Gasteiger partial charge is 0.262 e. The SMILES string of the molecule is Cc1ccc(C(C)C)c(OCC(=O)Nc2ccc(C34CC5CC(CC(C5)C3)C4)cc2)c1. The minimum Gasteiger partial charge on any atom is -0.483 e. The van der Waals surface area contributed by atoms with Crippen molar-refractivity contribution in [3.8, 4) is 5.75 Å². The summed E-state index contributed by atoms with van der Waals surface area (Å²) in [6, 6.07) is 14.9. The van der Waals surface area contributed by atoms with E-state index in [0.717, 1.165) is 40.3 Å². The second kappa shape index (κ2) is 8.00. The lowest BCUT2D eigenvalue weighted by Crippen LogP contribution is -2.48. The Hall–Kier alpha value is -2.29. The van der Waals surface area contributed by atoms with Crippen LogP contribution in [0.2, 0.25) is 0 Å². The number of hydrogen-bond donors (Lipinski definition) is 1. The summed E-state index contributed by atoms with van der Waals surface area (Å²) in [5, 5.41) is 3.01. The third-order valence-corrected chi connectivity index (χ3v) is 7.97. The highest BCUT2D eigenvalue weighted by Gasteiger charge is 2.51. The zero-order chi connectivity index (χ0) is 21.6. The topological polar surface area (TPSA) is 38.3 Å². The number of benzene rings is 2. The Labute approximate surface area is 186 Å². The second-order valence-electron chi connectivity index (χ2n) is 10.8. The van der Waals surface area contributed by atoms with Gasteiger partial charge in [0, 0.05) is 5.69 Å². The van der Waals surface area contributed by atoms with E-state index in [4.69, 9.17) is 4.74 Å². The first-order valence-corrected chi connectivity index (χ1v) is 12.0. The first-order valence-electron chi connectivity index (χ1n) is 12.0. The lowest BCUT2D eigenvalue weighted by molar-refractivity contribution is -0.118. The van der Waals surface area contributed by atoms with Gasteiger partial charge in [-0.25, -0.2) is 0 Å². The molecule has 31 heavy (non-hydrogen) atoms. The van der Waals surface area contributed by atoms with Crippen molar-refractivity contribution in [2.24, 2.45) is 17.8 Å². The standard InChI is InChI=1S/C28H35NO2/c1-18(2)25-9-4-19(3)10-26(25)31-17-27(30)29-24-7-5-23(6-8-24)28-14-20-11-21(15-28)13-22(12-20)16-28/h4-10,18,20-22H,11-17H2,1-3H3,(H,29,30).